The van der Waals surface area contributed by atoms with Gasteiger partial charge in [-0.3, -0.25) is 0 Å². The molecular formula is C10H21NO3. The van der Waals surface area contributed by atoms with E-state index in [-0.39, 0.29) is 18.2 Å². The zero-order valence-electron chi connectivity index (χ0n) is 9.07. The number of rotatable bonds is 7. The molecule has 4 heteroatoms. The molecule has 0 aromatic heterocycles. The average Bonchev–Trinajstić information content (AvgIpc) is 2.19. The van der Waals surface area contributed by atoms with Crippen LogP contribution in [0.25, 0.3) is 0 Å². The van der Waals surface area contributed by atoms with Gasteiger partial charge in [0.25, 0.3) is 0 Å². The second-order valence-electron chi connectivity index (χ2n) is 3.58. The Morgan fingerprint density at radius 1 is 1.29 bits per heavy atom. The van der Waals surface area contributed by atoms with Gasteiger partial charge < -0.3 is 19.9 Å². The van der Waals surface area contributed by atoms with Gasteiger partial charge in [0, 0.05) is 33.0 Å². The fourth-order valence-electron chi connectivity index (χ4n) is 1.64. The molecule has 0 radical (unpaired) electrons. The Balaban J connectivity index is 2.06. The van der Waals surface area contributed by atoms with Crippen molar-refractivity contribution in [2.24, 2.45) is 5.73 Å². The Hall–Kier alpha value is -0.160. The van der Waals surface area contributed by atoms with Gasteiger partial charge in [0.1, 0.15) is 0 Å². The number of methoxy groups -OCH3 is 1. The largest absolute Gasteiger partial charge is 0.385 e. The summed E-state index contributed by atoms with van der Waals surface area (Å²) in [5.74, 6) is 0. The topological polar surface area (TPSA) is 53.7 Å². The van der Waals surface area contributed by atoms with Crippen molar-refractivity contribution in [2.45, 2.75) is 38.0 Å². The molecule has 0 bridgehead atoms. The number of hydrogen-bond donors (Lipinski definition) is 1. The molecule has 4 nitrogen and oxygen atoms in total. The molecule has 2 N–H and O–H groups in total. The molecule has 1 aliphatic rings. The fourth-order valence-corrected chi connectivity index (χ4v) is 1.64. The van der Waals surface area contributed by atoms with Crippen LogP contribution in [-0.2, 0) is 14.2 Å². The maximum Gasteiger partial charge on any atom is 0.0988 e. The van der Waals surface area contributed by atoms with Crippen molar-refractivity contribution in [3.8, 4) is 0 Å². The molecule has 1 fully saturated rings. The van der Waals surface area contributed by atoms with Gasteiger partial charge in [0.05, 0.1) is 12.2 Å². The van der Waals surface area contributed by atoms with E-state index >= 15 is 0 Å². The predicted octanol–water partition coefficient (Wildman–Crippen LogP) is 0.544. The summed E-state index contributed by atoms with van der Waals surface area (Å²) in [4.78, 5) is 0. The molecule has 3 unspecified atom stereocenters. The summed E-state index contributed by atoms with van der Waals surface area (Å²) in [7, 11) is 1.70. The van der Waals surface area contributed by atoms with Crippen LogP contribution in [0.4, 0.5) is 0 Å². The summed E-state index contributed by atoms with van der Waals surface area (Å²) in [6.07, 6.45) is 2.14. The second kappa shape index (κ2) is 6.35. The van der Waals surface area contributed by atoms with E-state index < -0.39 is 0 Å². The van der Waals surface area contributed by atoms with Crippen LogP contribution in [0.3, 0.4) is 0 Å². The number of ether oxygens (including phenoxy) is 3. The third-order valence-corrected chi connectivity index (χ3v) is 2.48. The maximum atomic E-state index is 5.80. The van der Waals surface area contributed by atoms with Crippen LogP contribution in [0, 0.1) is 0 Å². The molecule has 0 aromatic rings. The SMILES string of the molecule is CCOC1C(N)CC1OCCCOC. The van der Waals surface area contributed by atoms with Gasteiger partial charge in [-0.1, -0.05) is 0 Å². The first-order valence-electron chi connectivity index (χ1n) is 5.27. The van der Waals surface area contributed by atoms with E-state index in [9.17, 15) is 0 Å². The van der Waals surface area contributed by atoms with E-state index in [0.29, 0.717) is 6.61 Å². The molecule has 0 heterocycles. The predicted molar refractivity (Wildman–Crippen MR) is 54.2 cm³/mol. The summed E-state index contributed by atoms with van der Waals surface area (Å²) < 4.78 is 16.0. The minimum atomic E-state index is 0.0996. The maximum absolute atomic E-state index is 5.80. The minimum absolute atomic E-state index is 0.0996. The Bertz CT molecular complexity index is 154. The third-order valence-electron chi connectivity index (χ3n) is 2.48. The summed E-state index contributed by atoms with van der Waals surface area (Å²) in [5.41, 5.74) is 5.80. The summed E-state index contributed by atoms with van der Waals surface area (Å²) in [5, 5.41) is 0. The van der Waals surface area contributed by atoms with Crippen LogP contribution in [-0.4, -0.2) is 45.2 Å². The summed E-state index contributed by atoms with van der Waals surface area (Å²) in [6, 6.07) is 0.155. The molecule has 14 heavy (non-hydrogen) atoms. The first-order valence-corrected chi connectivity index (χ1v) is 5.27. The van der Waals surface area contributed by atoms with Gasteiger partial charge in [-0.2, -0.15) is 0 Å². The molecular weight excluding hydrogens is 182 g/mol. The zero-order chi connectivity index (χ0) is 10.4. The highest BCUT2D eigenvalue weighted by molar-refractivity contribution is 4.94. The molecule has 0 aromatic carbocycles. The van der Waals surface area contributed by atoms with E-state index in [1.54, 1.807) is 7.11 Å². The van der Waals surface area contributed by atoms with E-state index in [1.807, 2.05) is 6.92 Å². The Morgan fingerprint density at radius 3 is 2.64 bits per heavy atom. The van der Waals surface area contributed by atoms with Crippen molar-refractivity contribution in [2.75, 3.05) is 26.9 Å². The average molecular weight is 203 g/mol. The Labute approximate surface area is 85.7 Å². The lowest BCUT2D eigenvalue weighted by molar-refractivity contribution is -0.138. The van der Waals surface area contributed by atoms with E-state index in [4.69, 9.17) is 19.9 Å². The van der Waals surface area contributed by atoms with E-state index in [1.165, 1.54) is 0 Å². The number of hydrogen-bond acceptors (Lipinski definition) is 4. The standard InChI is InChI=1S/C10H21NO3/c1-3-13-10-8(11)7-9(10)14-6-4-5-12-2/h8-10H,3-7,11H2,1-2H3. The minimum Gasteiger partial charge on any atom is -0.385 e. The van der Waals surface area contributed by atoms with E-state index in [0.717, 1.165) is 26.1 Å². The lowest BCUT2D eigenvalue weighted by Crippen LogP contribution is -2.58. The number of nitrogens with two attached hydrogens (primary N) is 1. The van der Waals surface area contributed by atoms with Crippen LogP contribution in [0.1, 0.15) is 19.8 Å². The lowest BCUT2D eigenvalue weighted by Gasteiger charge is -2.41. The quantitative estimate of drug-likeness (QED) is 0.614. The van der Waals surface area contributed by atoms with Gasteiger partial charge in [-0.05, 0) is 19.8 Å². The van der Waals surface area contributed by atoms with Crippen LogP contribution in [0.15, 0.2) is 0 Å². The molecule has 0 amide bonds. The first-order chi connectivity index (χ1) is 6.79. The molecule has 0 aliphatic heterocycles. The third kappa shape index (κ3) is 3.20. The summed E-state index contributed by atoms with van der Waals surface area (Å²) in [6.45, 7) is 4.16. The van der Waals surface area contributed by atoms with Gasteiger partial charge in [-0.15, -0.1) is 0 Å². The molecule has 1 saturated carbocycles. The van der Waals surface area contributed by atoms with Gasteiger partial charge in [0.15, 0.2) is 0 Å². The fraction of sp³-hybridized carbons (Fsp3) is 1.00. The van der Waals surface area contributed by atoms with Crippen molar-refractivity contribution in [1.82, 2.24) is 0 Å². The van der Waals surface area contributed by atoms with Gasteiger partial charge >= 0.3 is 0 Å². The molecule has 84 valence electrons. The van der Waals surface area contributed by atoms with Crippen molar-refractivity contribution < 1.29 is 14.2 Å². The lowest BCUT2D eigenvalue weighted by atomic mass is 9.86. The normalized spacial score (nSPS) is 31.5. The first kappa shape index (κ1) is 11.9. The highest BCUT2D eigenvalue weighted by Crippen LogP contribution is 2.25. The Kier molecular flexibility index (Phi) is 5.40. The Morgan fingerprint density at radius 2 is 2.07 bits per heavy atom. The summed E-state index contributed by atoms with van der Waals surface area (Å²) >= 11 is 0. The van der Waals surface area contributed by atoms with Crippen LogP contribution >= 0.6 is 0 Å². The van der Waals surface area contributed by atoms with Crippen LogP contribution in [0.2, 0.25) is 0 Å². The highest BCUT2D eigenvalue weighted by atomic mass is 16.5. The van der Waals surface area contributed by atoms with Crippen molar-refractivity contribution in [1.29, 1.82) is 0 Å². The van der Waals surface area contributed by atoms with Gasteiger partial charge in [0.2, 0.25) is 0 Å². The van der Waals surface area contributed by atoms with Crippen molar-refractivity contribution in [3.63, 3.8) is 0 Å². The van der Waals surface area contributed by atoms with Crippen LogP contribution in [0.5, 0.6) is 0 Å². The van der Waals surface area contributed by atoms with E-state index in [2.05, 4.69) is 0 Å². The smallest absolute Gasteiger partial charge is 0.0988 e. The molecule has 0 saturated heterocycles. The van der Waals surface area contributed by atoms with Crippen molar-refractivity contribution >= 4 is 0 Å². The zero-order valence-corrected chi connectivity index (χ0v) is 9.07. The molecule has 0 spiro atoms. The monoisotopic (exact) mass is 203 g/mol. The molecule has 3 atom stereocenters. The van der Waals surface area contributed by atoms with Crippen molar-refractivity contribution in [3.05, 3.63) is 0 Å². The second-order valence-corrected chi connectivity index (χ2v) is 3.58. The van der Waals surface area contributed by atoms with Crippen LogP contribution < -0.4 is 5.73 Å². The highest BCUT2D eigenvalue weighted by Gasteiger charge is 2.40. The molecule has 1 rings (SSSR count). The molecule has 1 aliphatic carbocycles. The van der Waals surface area contributed by atoms with Gasteiger partial charge in [-0.25, -0.2) is 0 Å².